The van der Waals surface area contributed by atoms with Crippen LogP contribution in [-0.4, -0.2) is 49.7 Å². The van der Waals surface area contributed by atoms with Gasteiger partial charge in [0.15, 0.2) is 0 Å². The molecule has 3 rings (SSSR count). The van der Waals surface area contributed by atoms with Crippen molar-refractivity contribution in [1.29, 1.82) is 0 Å². The van der Waals surface area contributed by atoms with Gasteiger partial charge in [-0.1, -0.05) is 43.2 Å². The van der Waals surface area contributed by atoms with E-state index in [1.165, 1.54) is 38.6 Å². The molecule has 1 aromatic carbocycles. The van der Waals surface area contributed by atoms with Crippen molar-refractivity contribution < 1.29 is 9.53 Å². The maximum absolute atomic E-state index is 12.5. The zero-order valence-electron chi connectivity index (χ0n) is 16.9. The number of rotatable bonds is 8. The number of amides is 1. The second-order valence-corrected chi connectivity index (χ2v) is 8.31. The van der Waals surface area contributed by atoms with Gasteiger partial charge in [-0.15, -0.1) is 0 Å². The fourth-order valence-electron chi connectivity index (χ4n) is 4.72. The third-order valence-electron chi connectivity index (χ3n) is 6.12. The number of piperidine rings is 1. The maximum atomic E-state index is 12.5. The molecule has 1 aromatic rings. The van der Waals surface area contributed by atoms with Crippen LogP contribution in [0.1, 0.15) is 51.0 Å². The van der Waals surface area contributed by atoms with Crippen molar-refractivity contribution in [2.75, 3.05) is 32.8 Å². The summed E-state index contributed by atoms with van der Waals surface area (Å²) >= 11 is 0. The molecule has 4 heteroatoms. The molecular formula is C23H36N2O2. The summed E-state index contributed by atoms with van der Waals surface area (Å²) in [5, 5.41) is 3.36. The standard InChI is InChI=1S/C23H36N2O2/c1-2-27-18-20-11-8-14-25(16-20)17-21-12-6-7-13-22(21)24-23(26)15-19-9-4-3-5-10-19/h3-5,9-10,20-22H,2,6-8,11-18H2,1H3,(H,24,26)/t20?,21?,22-/m0/s1. The highest BCUT2D eigenvalue weighted by Crippen LogP contribution is 2.27. The average molecular weight is 373 g/mol. The largest absolute Gasteiger partial charge is 0.381 e. The molecule has 4 nitrogen and oxygen atoms in total. The van der Waals surface area contributed by atoms with Crippen LogP contribution in [0.5, 0.6) is 0 Å². The van der Waals surface area contributed by atoms with E-state index in [0.29, 0.717) is 24.3 Å². The Morgan fingerprint density at radius 3 is 2.78 bits per heavy atom. The van der Waals surface area contributed by atoms with Crippen LogP contribution in [0.15, 0.2) is 30.3 Å². The van der Waals surface area contributed by atoms with Gasteiger partial charge < -0.3 is 15.0 Å². The van der Waals surface area contributed by atoms with Crippen LogP contribution >= 0.6 is 0 Å². The maximum Gasteiger partial charge on any atom is 0.224 e. The molecule has 1 N–H and O–H groups in total. The van der Waals surface area contributed by atoms with Gasteiger partial charge in [0, 0.05) is 25.7 Å². The van der Waals surface area contributed by atoms with Crippen molar-refractivity contribution in [3.05, 3.63) is 35.9 Å². The molecule has 2 aliphatic rings. The van der Waals surface area contributed by atoms with E-state index in [1.807, 2.05) is 30.3 Å². The summed E-state index contributed by atoms with van der Waals surface area (Å²) in [6.07, 6.45) is 7.95. The van der Waals surface area contributed by atoms with Gasteiger partial charge in [-0.3, -0.25) is 4.79 Å². The van der Waals surface area contributed by atoms with E-state index in [9.17, 15) is 4.79 Å². The SMILES string of the molecule is CCOCC1CCCN(CC2CCCC[C@@H]2NC(=O)Cc2ccccc2)C1. The molecule has 3 atom stereocenters. The van der Waals surface area contributed by atoms with Gasteiger partial charge in [-0.05, 0) is 56.6 Å². The Bertz CT molecular complexity index is 563. The van der Waals surface area contributed by atoms with Crippen LogP contribution < -0.4 is 5.32 Å². The number of hydrogen-bond donors (Lipinski definition) is 1. The molecule has 2 unspecified atom stereocenters. The fraction of sp³-hybridized carbons (Fsp3) is 0.696. The number of nitrogens with zero attached hydrogens (tertiary/aromatic N) is 1. The molecule has 0 radical (unpaired) electrons. The van der Waals surface area contributed by atoms with E-state index in [-0.39, 0.29) is 5.91 Å². The Labute approximate surface area is 164 Å². The molecule has 1 saturated heterocycles. The molecule has 1 heterocycles. The minimum atomic E-state index is 0.172. The number of ether oxygens (including phenoxy) is 1. The van der Waals surface area contributed by atoms with Crippen LogP contribution in [-0.2, 0) is 16.0 Å². The smallest absolute Gasteiger partial charge is 0.224 e. The molecule has 1 amide bonds. The molecule has 150 valence electrons. The van der Waals surface area contributed by atoms with Crippen LogP contribution in [0.2, 0.25) is 0 Å². The Kier molecular flexibility index (Phi) is 8.15. The number of carbonyl (C=O) groups is 1. The topological polar surface area (TPSA) is 41.6 Å². The van der Waals surface area contributed by atoms with Gasteiger partial charge in [0.25, 0.3) is 0 Å². The third kappa shape index (κ3) is 6.62. The Balaban J connectivity index is 1.50. The predicted octanol–water partition coefficient (Wildman–Crippen LogP) is 3.65. The van der Waals surface area contributed by atoms with E-state index in [4.69, 9.17) is 4.74 Å². The molecule has 27 heavy (non-hydrogen) atoms. The van der Waals surface area contributed by atoms with Gasteiger partial charge in [-0.2, -0.15) is 0 Å². The summed E-state index contributed by atoms with van der Waals surface area (Å²) < 4.78 is 5.66. The fourth-order valence-corrected chi connectivity index (χ4v) is 4.72. The van der Waals surface area contributed by atoms with E-state index < -0.39 is 0 Å². The zero-order chi connectivity index (χ0) is 18.9. The lowest BCUT2D eigenvalue weighted by atomic mass is 9.83. The van der Waals surface area contributed by atoms with E-state index in [1.54, 1.807) is 0 Å². The first-order valence-corrected chi connectivity index (χ1v) is 10.9. The summed E-state index contributed by atoms with van der Waals surface area (Å²) in [7, 11) is 0. The van der Waals surface area contributed by atoms with Crippen LogP contribution in [0.4, 0.5) is 0 Å². The predicted molar refractivity (Wildman–Crippen MR) is 110 cm³/mol. The number of nitrogens with one attached hydrogen (secondary N) is 1. The van der Waals surface area contributed by atoms with E-state index in [2.05, 4.69) is 17.1 Å². The van der Waals surface area contributed by atoms with Crippen molar-refractivity contribution in [3.63, 3.8) is 0 Å². The van der Waals surface area contributed by atoms with Crippen molar-refractivity contribution in [3.8, 4) is 0 Å². The lowest BCUT2D eigenvalue weighted by molar-refractivity contribution is -0.121. The third-order valence-corrected chi connectivity index (χ3v) is 6.12. The highest BCUT2D eigenvalue weighted by atomic mass is 16.5. The first-order chi connectivity index (χ1) is 13.2. The van der Waals surface area contributed by atoms with Crippen molar-refractivity contribution >= 4 is 5.91 Å². The second-order valence-electron chi connectivity index (χ2n) is 8.31. The van der Waals surface area contributed by atoms with Gasteiger partial charge >= 0.3 is 0 Å². The number of carbonyl (C=O) groups excluding carboxylic acids is 1. The second kappa shape index (κ2) is 10.8. The van der Waals surface area contributed by atoms with Crippen molar-refractivity contribution in [2.24, 2.45) is 11.8 Å². The first-order valence-electron chi connectivity index (χ1n) is 10.9. The van der Waals surface area contributed by atoms with Crippen molar-refractivity contribution in [2.45, 2.75) is 57.9 Å². The molecule has 2 fully saturated rings. The lowest BCUT2D eigenvalue weighted by Crippen LogP contribution is -2.48. The highest BCUT2D eigenvalue weighted by molar-refractivity contribution is 5.78. The monoisotopic (exact) mass is 372 g/mol. The minimum Gasteiger partial charge on any atom is -0.381 e. The Morgan fingerprint density at radius 1 is 1.15 bits per heavy atom. The Morgan fingerprint density at radius 2 is 1.96 bits per heavy atom. The number of benzene rings is 1. The Hall–Kier alpha value is -1.39. The number of hydrogen-bond acceptors (Lipinski definition) is 3. The highest BCUT2D eigenvalue weighted by Gasteiger charge is 2.30. The summed E-state index contributed by atoms with van der Waals surface area (Å²) in [4.78, 5) is 15.2. The van der Waals surface area contributed by atoms with Crippen LogP contribution in [0.3, 0.4) is 0 Å². The normalized spacial score (nSPS) is 26.6. The van der Waals surface area contributed by atoms with Crippen LogP contribution in [0.25, 0.3) is 0 Å². The minimum absolute atomic E-state index is 0.172. The van der Waals surface area contributed by atoms with Crippen LogP contribution in [0, 0.1) is 11.8 Å². The quantitative estimate of drug-likeness (QED) is 0.757. The number of likely N-dealkylation sites (tertiary alicyclic amines) is 1. The molecule has 1 aliphatic carbocycles. The summed E-state index contributed by atoms with van der Waals surface area (Å²) in [5.41, 5.74) is 1.09. The summed E-state index contributed by atoms with van der Waals surface area (Å²) in [6.45, 7) is 7.26. The van der Waals surface area contributed by atoms with E-state index in [0.717, 1.165) is 38.3 Å². The molecule has 0 bridgehead atoms. The molecule has 0 spiro atoms. The summed E-state index contributed by atoms with van der Waals surface area (Å²) in [6, 6.07) is 10.4. The first kappa shape index (κ1) is 20.3. The van der Waals surface area contributed by atoms with Gasteiger partial charge in [0.05, 0.1) is 13.0 Å². The molecule has 0 aromatic heterocycles. The van der Waals surface area contributed by atoms with Gasteiger partial charge in [0.1, 0.15) is 0 Å². The van der Waals surface area contributed by atoms with Crippen molar-refractivity contribution in [1.82, 2.24) is 10.2 Å². The average Bonchev–Trinajstić information content (AvgIpc) is 2.69. The molecule has 1 aliphatic heterocycles. The molecular weight excluding hydrogens is 336 g/mol. The summed E-state index contributed by atoms with van der Waals surface area (Å²) in [5.74, 6) is 1.43. The zero-order valence-corrected chi connectivity index (χ0v) is 16.9. The van der Waals surface area contributed by atoms with Gasteiger partial charge in [0.2, 0.25) is 5.91 Å². The van der Waals surface area contributed by atoms with E-state index >= 15 is 0 Å². The molecule has 1 saturated carbocycles. The van der Waals surface area contributed by atoms with Gasteiger partial charge in [-0.25, -0.2) is 0 Å². The lowest BCUT2D eigenvalue weighted by Gasteiger charge is -2.39.